The summed E-state index contributed by atoms with van der Waals surface area (Å²) in [5.41, 5.74) is 1.43. The van der Waals surface area contributed by atoms with E-state index >= 15 is 0 Å². The van der Waals surface area contributed by atoms with Gasteiger partial charge >= 0.3 is 0 Å². The fourth-order valence-corrected chi connectivity index (χ4v) is 2.91. The summed E-state index contributed by atoms with van der Waals surface area (Å²) in [7, 11) is 0. The zero-order valence-corrected chi connectivity index (χ0v) is 12.3. The van der Waals surface area contributed by atoms with Crippen LogP contribution in [0.5, 0.6) is 0 Å². The molecule has 0 aliphatic carbocycles. The number of aromatic nitrogens is 1. The van der Waals surface area contributed by atoms with Gasteiger partial charge in [0.2, 0.25) is 0 Å². The second kappa shape index (κ2) is 5.39. The molecule has 1 aromatic carbocycles. The largest absolute Gasteiger partial charge is 0.294 e. The van der Waals surface area contributed by atoms with Crippen molar-refractivity contribution in [2.75, 3.05) is 0 Å². The molecule has 0 aliphatic rings. The van der Waals surface area contributed by atoms with Crippen molar-refractivity contribution in [2.24, 2.45) is 0 Å². The zero-order valence-electron chi connectivity index (χ0n) is 9.96. The number of carbonyl (C=O) groups excluding carboxylic acids is 1. The van der Waals surface area contributed by atoms with E-state index in [4.69, 9.17) is 23.2 Å². The monoisotopic (exact) mass is 299 g/mol. The highest BCUT2D eigenvalue weighted by molar-refractivity contribution is 7.11. The number of thiazole rings is 1. The highest BCUT2D eigenvalue weighted by atomic mass is 35.5. The molecule has 0 aliphatic heterocycles. The second-order valence-electron chi connectivity index (χ2n) is 3.95. The van der Waals surface area contributed by atoms with Gasteiger partial charge in [-0.05, 0) is 26.0 Å². The molecule has 1 aromatic heterocycles. The van der Waals surface area contributed by atoms with Crippen LogP contribution in [0.3, 0.4) is 0 Å². The number of Topliss-reactive ketones (excluding diaryl/α,β-unsaturated/α-hetero) is 1. The van der Waals surface area contributed by atoms with Gasteiger partial charge in [0.05, 0.1) is 22.2 Å². The summed E-state index contributed by atoms with van der Waals surface area (Å²) < 4.78 is 0. The number of aryl methyl sites for hydroxylation is 2. The van der Waals surface area contributed by atoms with Gasteiger partial charge < -0.3 is 0 Å². The third kappa shape index (κ3) is 2.74. The van der Waals surface area contributed by atoms with Gasteiger partial charge in [0.15, 0.2) is 5.78 Å². The first-order chi connectivity index (χ1) is 8.49. The Morgan fingerprint density at radius 2 is 2.06 bits per heavy atom. The summed E-state index contributed by atoms with van der Waals surface area (Å²) >= 11 is 13.5. The molecule has 1 heterocycles. The minimum Gasteiger partial charge on any atom is -0.294 e. The number of nitrogens with zero attached hydrogens (tertiary/aromatic N) is 1. The third-order valence-corrected chi connectivity index (χ3v) is 4.53. The van der Waals surface area contributed by atoms with Crippen molar-refractivity contribution >= 4 is 40.3 Å². The molecule has 2 aromatic rings. The van der Waals surface area contributed by atoms with Crippen molar-refractivity contribution < 1.29 is 4.79 Å². The summed E-state index contributed by atoms with van der Waals surface area (Å²) in [5.74, 6) is -0.0590. The number of benzene rings is 1. The maximum Gasteiger partial charge on any atom is 0.171 e. The van der Waals surface area contributed by atoms with Gasteiger partial charge in [-0.3, -0.25) is 4.79 Å². The Labute approximate surface area is 120 Å². The highest BCUT2D eigenvalue weighted by Crippen LogP contribution is 2.27. The predicted molar refractivity (Wildman–Crippen MR) is 76.1 cm³/mol. The van der Waals surface area contributed by atoms with E-state index in [1.165, 1.54) is 11.3 Å². The van der Waals surface area contributed by atoms with Crippen LogP contribution in [-0.4, -0.2) is 10.8 Å². The zero-order chi connectivity index (χ0) is 13.3. The fraction of sp³-hybridized carbons (Fsp3) is 0.231. The molecule has 0 fully saturated rings. The smallest absolute Gasteiger partial charge is 0.171 e. The number of halogens is 2. The van der Waals surface area contributed by atoms with Crippen LogP contribution in [0.15, 0.2) is 18.2 Å². The van der Waals surface area contributed by atoms with E-state index in [1.807, 2.05) is 13.8 Å². The lowest BCUT2D eigenvalue weighted by atomic mass is 10.1. The van der Waals surface area contributed by atoms with Crippen molar-refractivity contribution in [1.29, 1.82) is 0 Å². The quantitative estimate of drug-likeness (QED) is 0.782. The lowest BCUT2D eigenvalue weighted by Crippen LogP contribution is -2.04. The number of hydrogen-bond acceptors (Lipinski definition) is 3. The molecule has 2 nitrogen and oxygen atoms in total. The summed E-state index contributed by atoms with van der Waals surface area (Å²) in [6, 6.07) is 5.07. The molecule has 0 spiro atoms. The highest BCUT2D eigenvalue weighted by Gasteiger charge is 2.15. The molecule has 0 atom stereocenters. The van der Waals surface area contributed by atoms with E-state index in [2.05, 4.69) is 4.98 Å². The first kappa shape index (κ1) is 13.5. The lowest BCUT2D eigenvalue weighted by Gasteiger charge is -2.03. The molecule has 0 radical (unpaired) electrons. The maximum atomic E-state index is 12.1. The summed E-state index contributed by atoms with van der Waals surface area (Å²) in [6.45, 7) is 3.93. The number of ketones is 1. The van der Waals surface area contributed by atoms with Crippen LogP contribution in [-0.2, 0) is 6.42 Å². The molecule has 94 valence electrons. The summed E-state index contributed by atoms with van der Waals surface area (Å²) in [4.78, 5) is 17.6. The summed E-state index contributed by atoms with van der Waals surface area (Å²) in [5, 5.41) is 1.52. The molecule has 0 amide bonds. The molecule has 0 bridgehead atoms. The second-order valence-corrected chi connectivity index (χ2v) is 6.02. The minimum absolute atomic E-state index is 0.0590. The Balaban J connectivity index is 2.24. The van der Waals surface area contributed by atoms with Crippen LogP contribution in [0.25, 0.3) is 0 Å². The van der Waals surface area contributed by atoms with Gasteiger partial charge in [0.1, 0.15) is 5.01 Å². The van der Waals surface area contributed by atoms with Crippen molar-refractivity contribution in [3.63, 3.8) is 0 Å². The van der Waals surface area contributed by atoms with Crippen molar-refractivity contribution in [1.82, 2.24) is 4.98 Å². The molecular formula is C13H11Cl2NOS. The normalized spacial score (nSPS) is 10.7. The standard InChI is InChI=1S/C13H11Cl2NOS/c1-7-8(2)18-12(16-7)6-11(17)9-4-3-5-10(14)13(9)15/h3-5H,6H2,1-2H3. The van der Waals surface area contributed by atoms with Gasteiger partial charge in [0, 0.05) is 10.4 Å². The van der Waals surface area contributed by atoms with Crippen LogP contribution in [0.4, 0.5) is 0 Å². The van der Waals surface area contributed by atoms with Gasteiger partial charge in [-0.25, -0.2) is 4.98 Å². The van der Waals surface area contributed by atoms with Crippen LogP contribution in [0.2, 0.25) is 10.0 Å². The SMILES string of the molecule is Cc1nc(CC(=O)c2cccc(Cl)c2Cl)sc1C. The molecule has 5 heteroatoms. The van der Waals surface area contributed by atoms with E-state index in [-0.39, 0.29) is 12.2 Å². The fourth-order valence-electron chi connectivity index (χ4n) is 1.57. The van der Waals surface area contributed by atoms with Gasteiger partial charge in [-0.1, -0.05) is 29.3 Å². The average molecular weight is 300 g/mol. The van der Waals surface area contributed by atoms with Crippen molar-refractivity contribution in [2.45, 2.75) is 20.3 Å². The Kier molecular flexibility index (Phi) is 4.05. The average Bonchev–Trinajstić information content (AvgIpc) is 2.61. The Morgan fingerprint density at radius 1 is 1.33 bits per heavy atom. The van der Waals surface area contributed by atoms with E-state index in [0.717, 1.165) is 15.6 Å². The molecule has 18 heavy (non-hydrogen) atoms. The topological polar surface area (TPSA) is 30.0 Å². The first-order valence-electron chi connectivity index (χ1n) is 5.39. The Bertz CT molecular complexity index is 588. The molecule has 0 unspecified atom stereocenters. The van der Waals surface area contributed by atoms with Crippen molar-refractivity contribution in [3.8, 4) is 0 Å². The number of hydrogen-bond donors (Lipinski definition) is 0. The van der Waals surface area contributed by atoms with Crippen LogP contribution in [0.1, 0.15) is 25.9 Å². The Morgan fingerprint density at radius 3 is 2.67 bits per heavy atom. The first-order valence-corrected chi connectivity index (χ1v) is 6.96. The predicted octanol–water partition coefficient (Wildman–Crippen LogP) is 4.49. The van der Waals surface area contributed by atoms with Crippen LogP contribution in [0, 0.1) is 13.8 Å². The van der Waals surface area contributed by atoms with Gasteiger partial charge in [0.25, 0.3) is 0 Å². The maximum absolute atomic E-state index is 12.1. The van der Waals surface area contributed by atoms with Crippen LogP contribution >= 0.6 is 34.5 Å². The van der Waals surface area contributed by atoms with E-state index in [9.17, 15) is 4.79 Å². The van der Waals surface area contributed by atoms with Crippen LogP contribution < -0.4 is 0 Å². The van der Waals surface area contributed by atoms with Gasteiger partial charge in [-0.2, -0.15) is 0 Å². The molecule has 0 N–H and O–H groups in total. The molecule has 2 rings (SSSR count). The summed E-state index contributed by atoms with van der Waals surface area (Å²) in [6.07, 6.45) is 0.263. The lowest BCUT2D eigenvalue weighted by molar-refractivity contribution is 0.0993. The number of carbonyl (C=O) groups is 1. The molecule has 0 saturated heterocycles. The Hall–Kier alpha value is -0.900. The molecular weight excluding hydrogens is 289 g/mol. The minimum atomic E-state index is -0.0590. The van der Waals surface area contributed by atoms with E-state index < -0.39 is 0 Å². The number of rotatable bonds is 3. The molecule has 0 saturated carbocycles. The van der Waals surface area contributed by atoms with Gasteiger partial charge in [-0.15, -0.1) is 11.3 Å². The van der Waals surface area contributed by atoms with E-state index in [0.29, 0.717) is 15.6 Å². The third-order valence-electron chi connectivity index (χ3n) is 2.64. The van der Waals surface area contributed by atoms with Crippen molar-refractivity contribution in [3.05, 3.63) is 49.4 Å². The van der Waals surface area contributed by atoms with E-state index in [1.54, 1.807) is 18.2 Å².